The maximum atomic E-state index is 4.65. The van der Waals surface area contributed by atoms with Gasteiger partial charge in [-0.25, -0.2) is 4.98 Å². The molecule has 2 rings (SSSR count). The van der Waals surface area contributed by atoms with Crippen molar-refractivity contribution < 1.29 is 0 Å². The van der Waals surface area contributed by atoms with Gasteiger partial charge in [0.15, 0.2) is 5.82 Å². The summed E-state index contributed by atoms with van der Waals surface area (Å²) in [7, 11) is 0. The number of aromatic amines is 1. The molecule has 0 bridgehead atoms. The SMILES string of the molecule is CCCCCCc1nc(Nc2nc(C)c(CC)c(NN=C(CCC)CCC)n2)n[nH]1. The molecule has 0 saturated heterocycles. The number of hydrogen-bond donors (Lipinski definition) is 3. The third-order valence-corrected chi connectivity index (χ3v) is 4.99. The molecule has 0 aliphatic rings. The summed E-state index contributed by atoms with van der Waals surface area (Å²) in [5.41, 5.74) is 6.37. The Morgan fingerprint density at radius 2 is 1.67 bits per heavy atom. The Kier molecular flexibility index (Phi) is 10.2. The molecule has 0 unspecified atom stereocenters. The van der Waals surface area contributed by atoms with Gasteiger partial charge in [0.1, 0.15) is 5.82 Å². The molecule has 166 valence electrons. The van der Waals surface area contributed by atoms with E-state index in [4.69, 9.17) is 0 Å². The standard InChI is InChI=1S/C22H38N8/c1-6-10-11-12-15-19-24-22(30-28-19)26-21-23-16(5)18(9-4)20(25-21)29-27-17(13-7-2)14-8-3/h6-15H2,1-5H3,(H3,23,24,25,26,28,29,30). The average molecular weight is 415 g/mol. The Hall–Kier alpha value is -2.51. The molecule has 2 heterocycles. The normalized spacial score (nSPS) is 10.8. The van der Waals surface area contributed by atoms with Crippen molar-refractivity contribution in [1.29, 1.82) is 0 Å². The lowest BCUT2D eigenvalue weighted by Gasteiger charge is -2.12. The van der Waals surface area contributed by atoms with E-state index in [-0.39, 0.29) is 0 Å². The molecule has 0 aromatic carbocycles. The zero-order valence-electron chi connectivity index (χ0n) is 19.3. The highest BCUT2D eigenvalue weighted by Gasteiger charge is 2.12. The number of nitrogens with zero attached hydrogens (tertiary/aromatic N) is 5. The van der Waals surface area contributed by atoms with Gasteiger partial charge >= 0.3 is 0 Å². The molecule has 8 nitrogen and oxygen atoms in total. The number of nitrogens with one attached hydrogen (secondary N) is 3. The van der Waals surface area contributed by atoms with Crippen LogP contribution < -0.4 is 10.7 Å². The molecule has 3 N–H and O–H groups in total. The van der Waals surface area contributed by atoms with Crippen LogP contribution in [0.2, 0.25) is 0 Å². The van der Waals surface area contributed by atoms with E-state index in [2.05, 4.69) is 68.7 Å². The van der Waals surface area contributed by atoms with Crippen molar-refractivity contribution in [3.05, 3.63) is 17.1 Å². The lowest BCUT2D eigenvalue weighted by Crippen LogP contribution is -2.09. The van der Waals surface area contributed by atoms with Crippen molar-refractivity contribution in [1.82, 2.24) is 25.1 Å². The molecule has 0 amide bonds. The maximum absolute atomic E-state index is 4.65. The maximum Gasteiger partial charge on any atom is 0.248 e. The molecule has 0 aliphatic heterocycles. The summed E-state index contributed by atoms with van der Waals surface area (Å²) in [5, 5.41) is 15.0. The minimum atomic E-state index is 0.478. The van der Waals surface area contributed by atoms with Crippen LogP contribution in [0.15, 0.2) is 5.10 Å². The van der Waals surface area contributed by atoms with E-state index in [0.717, 1.165) is 67.8 Å². The number of aromatic nitrogens is 5. The van der Waals surface area contributed by atoms with Crippen LogP contribution in [-0.4, -0.2) is 30.9 Å². The summed E-state index contributed by atoms with van der Waals surface area (Å²) in [5.74, 6) is 2.61. The first kappa shape index (κ1) is 23.8. The van der Waals surface area contributed by atoms with Crippen molar-refractivity contribution in [3.63, 3.8) is 0 Å². The first-order valence-electron chi connectivity index (χ1n) is 11.5. The zero-order valence-corrected chi connectivity index (χ0v) is 19.3. The summed E-state index contributed by atoms with van der Waals surface area (Å²) in [4.78, 5) is 13.8. The molecule has 8 heteroatoms. The van der Waals surface area contributed by atoms with Crippen LogP contribution >= 0.6 is 0 Å². The number of H-pyrrole nitrogens is 1. The quantitative estimate of drug-likeness (QED) is 0.208. The van der Waals surface area contributed by atoms with Gasteiger partial charge in [0, 0.05) is 23.4 Å². The predicted molar refractivity (Wildman–Crippen MR) is 125 cm³/mol. The first-order chi connectivity index (χ1) is 14.6. The molecular weight excluding hydrogens is 376 g/mol. The number of hydrogen-bond acceptors (Lipinski definition) is 7. The second-order valence-electron chi connectivity index (χ2n) is 7.64. The topological polar surface area (TPSA) is 104 Å². The third kappa shape index (κ3) is 7.39. The van der Waals surface area contributed by atoms with Crippen LogP contribution in [0.3, 0.4) is 0 Å². The van der Waals surface area contributed by atoms with Gasteiger partial charge in [0.05, 0.1) is 0 Å². The van der Waals surface area contributed by atoms with Crippen molar-refractivity contribution in [3.8, 4) is 0 Å². The molecule has 0 fully saturated rings. The summed E-state index contributed by atoms with van der Waals surface area (Å²) in [6.45, 7) is 10.7. The minimum Gasteiger partial charge on any atom is -0.291 e. The molecule has 30 heavy (non-hydrogen) atoms. The lowest BCUT2D eigenvalue weighted by molar-refractivity contribution is 0.653. The van der Waals surface area contributed by atoms with Crippen molar-refractivity contribution in [2.75, 3.05) is 10.7 Å². The van der Waals surface area contributed by atoms with Gasteiger partial charge in [-0.2, -0.15) is 15.1 Å². The lowest BCUT2D eigenvalue weighted by atomic mass is 10.1. The fourth-order valence-corrected chi connectivity index (χ4v) is 3.40. The Balaban J connectivity index is 2.12. The Bertz CT molecular complexity index is 788. The number of unbranched alkanes of at least 4 members (excludes halogenated alkanes) is 3. The van der Waals surface area contributed by atoms with E-state index in [1.165, 1.54) is 25.0 Å². The first-order valence-corrected chi connectivity index (χ1v) is 11.5. The minimum absolute atomic E-state index is 0.478. The van der Waals surface area contributed by atoms with Crippen LogP contribution in [0.5, 0.6) is 0 Å². The predicted octanol–water partition coefficient (Wildman–Crippen LogP) is 5.70. The number of anilines is 3. The van der Waals surface area contributed by atoms with Crippen molar-refractivity contribution in [2.45, 2.75) is 98.8 Å². The molecule has 0 aliphatic carbocycles. The Labute approximate surface area is 180 Å². The van der Waals surface area contributed by atoms with E-state index in [1.54, 1.807) is 0 Å². The van der Waals surface area contributed by atoms with Gasteiger partial charge in [-0.1, -0.05) is 59.8 Å². The van der Waals surface area contributed by atoms with Crippen LogP contribution in [0.1, 0.15) is 96.1 Å². The number of aryl methyl sites for hydroxylation is 2. The second kappa shape index (κ2) is 12.9. The van der Waals surface area contributed by atoms with Crippen LogP contribution in [0.4, 0.5) is 17.7 Å². The molecule has 0 atom stereocenters. The third-order valence-electron chi connectivity index (χ3n) is 4.99. The number of hydrazone groups is 1. The summed E-state index contributed by atoms with van der Waals surface area (Å²) in [6.07, 6.45) is 10.7. The van der Waals surface area contributed by atoms with Gasteiger partial charge in [-0.05, 0) is 32.6 Å². The molecule has 0 radical (unpaired) electrons. The van der Waals surface area contributed by atoms with E-state index in [0.29, 0.717) is 11.9 Å². The van der Waals surface area contributed by atoms with Crippen molar-refractivity contribution >= 4 is 23.4 Å². The van der Waals surface area contributed by atoms with Gasteiger partial charge in [0.2, 0.25) is 11.9 Å². The summed E-state index contributed by atoms with van der Waals surface area (Å²) < 4.78 is 0. The average Bonchev–Trinajstić information content (AvgIpc) is 3.16. The highest BCUT2D eigenvalue weighted by Crippen LogP contribution is 2.21. The summed E-state index contributed by atoms with van der Waals surface area (Å²) in [6, 6.07) is 0. The molecular formula is C22H38N8. The number of rotatable bonds is 14. The van der Waals surface area contributed by atoms with Crippen LogP contribution in [0, 0.1) is 6.92 Å². The van der Waals surface area contributed by atoms with E-state index >= 15 is 0 Å². The molecule has 2 aromatic heterocycles. The van der Waals surface area contributed by atoms with E-state index in [1.807, 2.05) is 6.92 Å². The van der Waals surface area contributed by atoms with Gasteiger partial charge < -0.3 is 0 Å². The Morgan fingerprint density at radius 3 is 2.33 bits per heavy atom. The fraction of sp³-hybridized carbons (Fsp3) is 0.682. The highest BCUT2D eigenvalue weighted by atomic mass is 15.4. The smallest absolute Gasteiger partial charge is 0.248 e. The molecule has 0 saturated carbocycles. The van der Waals surface area contributed by atoms with Gasteiger partial charge in [-0.15, -0.1) is 5.10 Å². The Morgan fingerprint density at radius 1 is 0.900 bits per heavy atom. The second-order valence-corrected chi connectivity index (χ2v) is 7.64. The molecule has 0 spiro atoms. The van der Waals surface area contributed by atoms with E-state index < -0.39 is 0 Å². The highest BCUT2D eigenvalue weighted by molar-refractivity contribution is 5.85. The summed E-state index contributed by atoms with van der Waals surface area (Å²) >= 11 is 0. The van der Waals surface area contributed by atoms with Gasteiger partial charge in [-0.3, -0.25) is 15.8 Å². The van der Waals surface area contributed by atoms with Crippen LogP contribution in [-0.2, 0) is 12.8 Å². The zero-order chi connectivity index (χ0) is 21.8. The molecule has 2 aromatic rings. The monoisotopic (exact) mass is 414 g/mol. The van der Waals surface area contributed by atoms with Gasteiger partial charge in [0.25, 0.3) is 0 Å². The fourth-order valence-electron chi connectivity index (χ4n) is 3.40. The van der Waals surface area contributed by atoms with E-state index in [9.17, 15) is 0 Å². The largest absolute Gasteiger partial charge is 0.291 e. The van der Waals surface area contributed by atoms with Crippen LogP contribution in [0.25, 0.3) is 0 Å². The van der Waals surface area contributed by atoms with Crippen molar-refractivity contribution in [2.24, 2.45) is 5.10 Å².